The molecule has 0 radical (unpaired) electrons. The molecule has 2 N–H and O–H groups in total. The van der Waals surface area contributed by atoms with Gasteiger partial charge in [-0.15, -0.1) is 11.3 Å². The molecule has 0 fully saturated rings. The summed E-state index contributed by atoms with van der Waals surface area (Å²) in [6.45, 7) is 4.05. The van der Waals surface area contributed by atoms with Crippen LogP contribution in [0.15, 0.2) is 5.38 Å². The van der Waals surface area contributed by atoms with Gasteiger partial charge >= 0.3 is 0 Å². The van der Waals surface area contributed by atoms with Crippen molar-refractivity contribution >= 4 is 11.3 Å². The lowest BCUT2D eigenvalue weighted by Crippen LogP contribution is -2.18. The standard InChI is InChI=1S/C12H16N4S/c1-7-6-17-12(14-7)16-10-5-3-4-9(13)11(10)8(2)15-16/h6,9H,3-5,13H2,1-2H3. The summed E-state index contributed by atoms with van der Waals surface area (Å²) in [7, 11) is 0. The second kappa shape index (κ2) is 3.92. The maximum Gasteiger partial charge on any atom is 0.210 e. The average molecular weight is 248 g/mol. The molecule has 4 nitrogen and oxygen atoms in total. The Balaban J connectivity index is 2.16. The van der Waals surface area contributed by atoms with Gasteiger partial charge in [0.05, 0.1) is 17.1 Å². The van der Waals surface area contributed by atoms with Gasteiger partial charge in [0.2, 0.25) is 5.13 Å². The van der Waals surface area contributed by atoms with Gasteiger partial charge in [0.1, 0.15) is 0 Å². The Morgan fingerprint density at radius 1 is 1.47 bits per heavy atom. The quantitative estimate of drug-likeness (QED) is 0.842. The Bertz CT molecular complexity index is 555. The van der Waals surface area contributed by atoms with E-state index in [1.807, 2.05) is 18.5 Å². The number of nitrogens with two attached hydrogens (primary N) is 1. The van der Waals surface area contributed by atoms with E-state index in [-0.39, 0.29) is 6.04 Å². The van der Waals surface area contributed by atoms with Crippen molar-refractivity contribution in [3.8, 4) is 5.13 Å². The zero-order valence-corrected chi connectivity index (χ0v) is 10.9. The summed E-state index contributed by atoms with van der Waals surface area (Å²) in [4.78, 5) is 4.51. The van der Waals surface area contributed by atoms with Crippen LogP contribution in [-0.2, 0) is 6.42 Å². The summed E-state index contributed by atoms with van der Waals surface area (Å²) < 4.78 is 1.99. The molecule has 2 aromatic heterocycles. The van der Waals surface area contributed by atoms with E-state index in [0.29, 0.717) is 0 Å². The Hall–Kier alpha value is -1.20. The molecule has 0 aliphatic heterocycles. The maximum atomic E-state index is 6.17. The number of hydrogen-bond donors (Lipinski definition) is 1. The summed E-state index contributed by atoms with van der Waals surface area (Å²) in [6, 6.07) is 0.147. The van der Waals surface area contributed by atoms with E-state index in [4.69, 9.17) is 5.73 Å². The van der Waals surface area contributed by atoms with Crippen LogP contribution in [0.1, 0.15) is 41.5 Å². The van der Waals surface area contributed by atoms with Crippen LogP contribution < -0.4 is 5.73 Å². The zero-order valence-electron chi connectivity index (χ0n) is 10.1. The molecule has 0 spiro atoms. The monoisotopic (exact) mass is 248 g/mol. The number of rotatable bonds is 1. The van der Waals surface area contributed by atoms with E-state index < -0.39 is 0 Å². The van der Waals surface area contributed by atoms with Crippen LogP contribution in [0.25, 0.3) is 5.13 Å². The van der Waals surface area contributed by atoms with Gasteiger partial charge in [-0.25, -0.2) is 9.67 Å². The van der Waals surface area contributed by atoms with Crippen molar-refractivity contribution in [3.63, 3.8) is 0 Å². The third-order valence-electron chi connectivity index (χ3n) is 3.29. The van der Waals surface area contributed by atoms with E-state index in [1.165, 1.54) is 11.3 Å². The van der Waals surface area contributed by atoms with Crippen molar-refractivity contribution in [2.45, 2.75) is 39.2 Å². The van der Waals surface area contributed by atoms with Gasteiger partial charge in [-0.05, 0) is 33.1 Å². The molecule has 0 saturated heterocycles. The van der Waals surface area contributed by atoms with Crippen molar-refractivity contribution in [2.24, 2.45) is 5.73 Å². The van der Waals surface area contributed by atoms with Crippen LogP contribution in [0, 0.1) is 13.8 Å². The molecular formula is C12H16N4S. The Morgan fingerprint density at radius 3 is 3.00 bits per heavy atom. The molecule has 2 heterocycles. The molecule has 17 heavy (non-hydrogen) atoms. The van der Waals surface area contributed by atoms with Gasteiger partial charge in [-0.3, -0.25) is 0 Å². The SMILES string of the molecule is Cc1csc(-n2nc(C)c3c2CCCC3N)n1. The molecule has 0 bridgehead atoms. The fourth-order valence-electron chi connectivity index (χ4n) is 2.54. The van der Waals surface area contributed by atoms with Crippen molar-refractivity contribution < 1.29 is 0 Å². The Labute approximate surface area is 104 Å². The first-order valence-corrected chi connectivity index (χ1v) is 6.81. The molecule has 1 atom stereocenters. The van der Waals surface area contributed by atoms with Crippen molar-refractivity contribution in [1.29, 1.82) is 0 Å². The summed E-state index contributed by atoms with van der Waals surface area (Å²) in [5, 5.41) is 7.63. The molecule has 0 aromatic carbocycles. The van der Waals surface area contributed by atoms with Gasteiger partial charge in [-0.2, -0.15) is 5.10 Å². The highest BCUT2D eigenvalue weighted by molar-refractivity contribution is 7.12. The highest BCUT2D eigenvalue weighted by atomic mass is 32.1. The Morgan fingerprint density at radius 2 is 2.29 bits per heavy atom. The number of nitrogens with zero attached hydrogens (tertiary/aromatic N) is 3. The lowest BCUT2D eigenvalue weighted by Gasteiger charge is -2.19. The molecular weight excluding hydrogens is 232 g/mol. The van der Waals surface area contributed by atoms with E-state index in [1.54, 1.807) is 11.3 Å². The largest absolute Gasteiger partial charge is 0.324 e. The van der Waals surface area contributed by atoms with Gasteiger partial charge in [0.15, 0.2) is 0 Å². The second-order valence-electron chi connectivity index (χ2n) is 4.63. The number of hydrogen-bond acceptors (Lipinski definition) is 4. The minimum atomic E-state index is 0.147. The first-order valence-electron chi connectivity index (χ1n) is 5.93. The molecule has 1 aliphatic carbocycles. The van der Waals surface area contributed by atoms with Gasteiger partial charge in [-0.1, -0.05) is 0 Å². The van der Waals surface area contributed by atoms with E-state index in [9.17, 15) is 0 Å². The molecule has 0 amide bonds. The van der Waals surface area contributed by atoms with Crippen LogP contribution in [0.2, 0.25) is 0 Å². The third kappa shape index (κ3) is 1.70. The summed E-state index contributed by atoms with van der Waals surface area (Å²) in [6.07, 6.45) is 3.27. The second-order valence-corrected chi connectivity index (χ2v) is 5.46. The smallest absolute Gasteiger partial charge is 0.210 e. The number of thiazole rings is 1. The van der Waals surface area contributed by atoms with Crippen molar-refractivity contribution in [2.75, 3.05) is 0 Å². The molecule has 5 heteroatoms. The molecule has 1 aliphatic rings. The first-order chi connectivity index (χ1) is 8.16. The average Bonchev–Trinajstić information content (AvgIpc) is 2.84. The fourth-order valence-corrected chi connectivity index (χ4v) is 3.32. The van der Waals surface area contributed by atoms with Gasteiger partial charge in [0, 0.05) is 17.0 Å². The Kier molecular flexibility index (Phi) is 2.52. The van der Waals surface area contributed by atoms with Crippen molar-refractivity contribution in [3.05, 3.63) is 28.0 Å². The van der Waals surface area contributed by atoms with Crippen molar-refractivity contribution in [1.82, 2.24) is 14.8 Å². The van der Waals surface area contributed by atoms with Crippen LogP contribution in [0.4, 0.5) is 0 Å². The first kappa shape index (κ1) is 10.9. The maximum absolute atomic E-state index is 6.17. The highest BCUT2D eigenvalue weighted by Crippen LogP contribution is 2.32. The summed E-state index contributed by atoms with van der Waals surface area (Å²) in [5.41, 5.74) is 10.8. The normalized spacial score (nSPS) is 19.4. The molecule has 90 valence electrons. The number of aromatic nitrogens is 3. The van der Waals surface area contributed by atoms with E-state index in [0.717, 1.165) is 35.8 Å². The third-order valence-corrected chi connectivity index (χ3v) is 4.23. The van der Waals surface area contributed by atoms with E-state index in [2.05, 4.69) is 15.5 Å². The van der Waals surface area contributed by atoms with Crippen LogP contribution in [0.3, 0.4) is 0 Å². The minimum Gasteiger partial charge on any atom is -0.324 e. The molecule has 1 unspecified atom stereocenters. The summed E-state index contributed by atoms with van der Waals surface area (Å²) in [5.74, 6) is 0. The van der Waals surface area contributed by atoms with E-state index >= 15 is 0 Å². The number of aryl methyl sites for hydroxylation is 2. The van der Waals surface area contributed by atoms with Crippen LogP contribution >= 0.6 is 11.3 Å². The predicted octanol–water partition coefficient (Wildman–Crippen LogP) is 2.28. The predicted molar refractivity (Wildman–Crippen MR) is 68.6 cm³/mol. The van der Waals surface area contributed by atoms with Gasteiger partial charge in [0.25, 0.3) is 0 Å². The topological polar surface area (TPSA) is 56.7 Å². The zero-order chi connectivity index (χ0) is 12.0. The van der Waals surface area contributed by atoms with Crippen LogP contribution in [-0.4, -0.2) is 14.8 Å². The lowest BCUT2D eigenvalue weighted by atomic mass is 9.92. The highest BCUT2D eigenvalue weighted by Gasteiger charge is 2.25. The summed E-state index contributed by atoms with van der Waals surface area (Å²) >= 11 is 1.64. The number of fused-ring (bicyclic) bond motifs is 1. The van der Waals surface area contributed by atoms with Gasteiger partial charge < -0.3 is 5.73 Å². The van der Waals surface area contributed by atoms with Crippen LogP contribution in [0.5, 0.6) is 0 Å². The fraction of sp³-hybridized carbons (Fsp3) is 0.500. The molecule has 2 aromatic rings. The minimum absolute atomic E-state index is 0.147. The molecule has 0 saturated carbocycles. The molecule has 3 rings (SSSR count). The lowest BCUT2D eigenvalue weighted by molar-refractivity contribution is 0.556.